The molecule has 0 spiro atoms. The van der Waals surface area contributed by atoms with Crippen molar-refractivity contribution in [1.82, 2.24) is 0 Å². The van der Waals surface area contributed by atoms with Crippen molar-refractivity contribution in [2.75, 3.05) is 14.2 Å². The van der Waals surface area contributed by atoms with Crippen molar-refractivity contribution in [1.29, 1.82) is 0 Å². The van der Waals surface area contributed by atoms with Crippen LogP contribution in [0.1, 0.15) is 17.3 Å². The Hall–Kier alpha value is -2.24. The zero-order valence-corrected chi connectivity index (χ0v) is 17.3. The largest absolute Gasteiger partial charge is 1.00 e. The summed E-state index contributed by atoms with van der Waals surface area (Å²) < 4.78 is 16.4. The third kappa shape index (κ3) is 5.63. The molecule has 1 unspecified atom stereocenters. The predicted molar refractivity (Wildman–Crippen MR) is 110 cm³/mol. The molecule has 0 saturated carbocycles. The Bertz CT molecular complexity index is 882. The molecule has 4 nitrogen and oxygen atoms in total. The standard InChI is InChI=1S/C22H21O4P.Li.H/c1-24-19-9-6-10-20(25-2)21(19)22(23)27-18-13-11-17(12-14-18)26-15-16-7-4-3-5-8-16;;/h3-14,27H,15H2,1-2H3;;/q;+1;-1. The van der Waals surface area contributed by atoms with Gasteiger partial charge in [0.1, 0.15) is 29.4 Å². The molecule has 0 aliphatic rings. The van der Waals surface area contributed by atoms with Gasteiger partial charge in [0, 0.05) is 0 Å². The van der Waals surface area contributed by atoms with Crippen molar-refractivity contribution in [2.24, 2.45) is 0 Å². The molecule has 0 N–H and O–H groups in total. The van der Waals surface area contributed by atoms with Crippen LogP contribution in [0.25, 0.3) is 0 Å². The molecular formula is C22H22LiO4P. The summed E-state index contributed by atoms with van der Waals surface area (Å²) in [6, 6.07) is 22.9. The maximum atomic E-state index is 12.8. The van der Waals surface area contributed by atoms with E-state index in [9.17, 15) is 4.79 Å². The van der Waals surface area contributed by atoms with E-state index >= 15 is 0 Å². The first-order valence-corrected chi connectivity index (χ1v) is 9.50. The Morgan fingerprint density at radius 1 is 0.857 bits per heavy atom. The first-order chi connectivity index (χ1) is 13.2. The Balaban J connectivity index is 0.00000210. The zero-order chi connectivity index (χ0) is 19.1. The van der Waals surface area contributed by atoms with Crippen molar-refractivity contribution in [2.45, 2.75) is 6.61 Å². The van der Waals surface area contributed by atoms with Gasteiger partial charge >= 0.3 is 18.9 Å². The molecule has 0 radical (unpaired) electrons. The fourth-order valence-corrected chi connectivity index (χ4v) is 3.61. The normalized spacial score (nSPS) is 10.4. The Labute approximate surface area is 180 Å². The van der Waals surface area contributed by atoms with Crippen LogP contribution in [0.15, 0.2) is 72.8 Å². The predicted octanol–water partition coefficient (Wildman–Crippen LogP) is 1.54. The fraction of sp³-hybridized carbons (Fsp3) is 0.136. The number of methoxy groups -OCH3 is 2. The first kappa shape index (κ1) is 22.1. The molecule has 3 aromatic rings. The van der Waals surface area contributed by atoms with Gasteiger partial charge in [-0.2, -0.15) is 0 Å². The summed E-state index contributed by atoms with van der Waals surface area (Å²) in [6.07, 6.45) is 0. The second-order valence-electron chi connectivity index (χ2n) is 5.79. The summed E-state index contributed by atoms with van der Waals surface area (Å²) >= 11 is 0. The molecule has 0 aliphatic heterocycles. The van der Waals surface area contributed by atoms with Crippen LogP contribution in [0.3, 0.4) is 0 Å². The van der Waals surface area contributed by atoms with E-state index in [0.29, 0.717) is 23.7 Å². The Morgan fingerprint density at radius 2 is 1.46 bits per heavy atom. The summed E-state index contributed by atoms with van der Waals surface area (Å²) in [4.78, 5) is 12.8. The molecule has 6 heteroatoms. The molecule has 0 fully saturated rings. The minimum absolute atomic E-state index is 0. The third-order valence-electron chi connectivity index (χ3n) is 4.02. The van der Waals surface area contributed by atoms with Crippen molar-refractivity contribution in [3.05, 3.63) is 83.9 Å². The van der Waals surface area contributed by atoms with E-state index in [2.05, 4.69) is 0 Å². The van der Waals surface area contributed by atoms with Crippen LogP contribution in [0, 0.1) is 0 Å². The van der Waals surface area contributed by atoms with E-state index in [1.54, 1.807) is 32.4 Å². The molecule has 3 aromatic carbocycles. The van der Waals surface area contributed by atoms with E-state index in [1.165, 1.54) is 0 Å². The molecule has 0 amide bonds. The SMILES string of the molecule is COc1cccc(OC)c1C(=O)Pc1ccc(OCc2ccccc2)cc1.[H-].[Li+]. The van der Waals surface area contributed by atoms with Gasteiger partial charge in [0.15, 0.2) is 5.52 Å². The maximum Gasteiger partial charge on any atom is 1.00 e. The molecule has 28 heavy (non-hydrogen) atoms. The number of rotatable bonds is 8. The van der Waals surface area contributed by atoms with Crippen molar-refractivity contribution in [3.8, 4) is 17.2 Å². The molecule has 0 heterocycles. The molecule has 3 rings (SSSR count). The van der Waals surface area contributed by atoms with Crippen molar-refractivity contribution >= 4 is 19.4 Å². The quantitative estimate of drug-likeness (QED) is 0.434. The van der Waals surface area contributed by atoms with Crippen LogP contribution in [0.5, 0.6) is 17.2 Å². The molecule has 140 valence electrons. The first-order valence-electron chi connectivity index (χ1n) is 8.50. The summed E-state index contributed by atoms with van der Waals surface area (Å²) in [6.45, 7) is 0.514. The van der Waals surface area contributed by atoms with Gasteiger partial charge in [-0.25, -0.2) is 0 Å². The number of ether oxygens (including phenoxy) is 3. The van der Waals surface area contributed by atoms with Crippen LogP contribution < -0.4 is 38.4 Å². The molecule has 0 aromatic heterocycles. The summed E-state index contributed by atoms with van der Waals surface area (Å²) in [5.41, 5.74) is 1.56. The number of hydrogen-bond donors (Lipinski definition) is 0. The van der Waals surface area contributed by atoms with Crippen molar-refractivity contribution in [3.63, 3.8) is 0 Å². The van der Waals surface area contributed by atoms with Gasteiger partial charge in [0.25, 0.3) is 0 Å². The van der Waals surface area contributed by atoms with Gasteiger partial charge < -0.3 is 15.6 Å². The third-order valence-corrected chi connectivity index (χ3v) is 5.11. The average Bonchev–Trinajstić information content (AvgIpc) is 2.73. The van der Waals surface area contributed by atoms with Gasteiger partial charge in [-0.15, -0.1) is 0 Å². The van der Waals surface area contributed by atoms with Crippen LogP contribution in [0.2, 0.25) is 0 Å². The monoisotopic (exact) mass is 388 g/mol. The minimum atomic E-state index is -0.0287. The van der Waals surface area contributed by atoms with Crippen LogP contribution >= 0.6 is 8.58 Å². The van der Waals surface area contributed by atoms with Gasteiger partial charge in [-0.1, -0.05) is 48.5 Å². The number of hydrogen-bond acceptors (Lipinski definition) is 4. The maximum absolute atomic E-state index is 12.8. The van der Waals surface area contributed by atoms with E-state index in [0.717, 1.165) is 16.6 Å². The molecular weight excluding hydrogens is 366 g/mol. The van der Waals surface area contributed by atoms with E-state index < -0.39 is 0 Å². The van der Waals surface area contributed by atoms with Crippen LogP contribution in [-0.4, -0.2) is 19.7 Å². The van der Waals surface area contributed by atoms with Gasteiger partial charge in [0.05, 0.1) is 14.2 Å². The van der Waals surface area contributed by atoms with Crippen LogP contribution in [-0.2, 0) is 6.61 Å². The minimum Gasteiger partial charge on any atom is -1.00 e. The molecule has 0 saturated heterocycles. The van der Waals surface area contributed by atoms with Gasteiger partial charge in [0.2, 0.25) is 0 Å². The Kier molecular flexibility index (Phi) is 8.61. The second-order valence-corrected chi connectivity index (χ2v) is 7.07. The van der Waals surface area contributed by atoms with E-state index in [4.69, 9.17) is 14.2 Å². The Morgan fingerprint density at radius 3 is 2.04 bits per heavy atom. The smallest absolute Gasteiger partial charge is 1.00 e. The summed E-state index contributed by atoms with van der Waals surface area (Å²) in [7, 11) is 3.07. The van der Waals surface area contributed by atoms with E-state index in [-0.39, 0.29) is 34.4 Å². The van der Waals surface area contributed by atoms with Crippen LogP contribution in [0.4, 0.5) is 0 Å². The molecule has 0 bridgehead atoms. The summed E-state index contributed by atoms with van der Waals surface area (Å²) in [5, 5.41) is 0.931. The van der Waals surface area contributed by atoms with E-state index in [1.807, 2.05) is 54.6 Å². The number of carbonyl (C=O) groups excluding carboxylic acids is 1. The zero-order valence-electron chi connectivity index (χ0n) is 17.3. The van der Waals surface area contributed by atoms with Gasteiger partial charge in [-0.05, 0) is 43.7 Å². The van der Waals surface area contributed by atoms with Crippen molar-refractivity contribution < 1.29 is 39.3 Å². The number of benzene rings is 3. The number of carbonyl (C=O) groups is 1. The second kappa shape index (κ2) is 10.9. The molecule has 1 atom stereocenters. The topological polar surface area (TPSA) is 44.8 Å². The fourth-order valence-electron chi connectivity index (χ4n) is 2.64. The molecule has 0 aliphatic carbocycles. The van der Waals surface area contributed by atoms with Gasteiger partial charge in [-0.3, -0.25) is 4.79 Å². The summed E-state index contributed by atoms with van der Waals surface area (Å²) in [5.74, 6) is 1.82. The average molecular weight is 388 g/mol.